The van der Waals surface area contributed by atoms with E-state index in [0.717, 1.165) is 23.4 Å². The van der Waals surface area contributed by atoms with Crippen LogP contribution in [0.15, 0.2) is 72.8 Å². The molecule has 0 aliphatic heterocycles. The van der Waals surface area contributed by atoms with Crippen LogP contribution in [0.5, 0.6) is 0 Å². The molecule has 2 N–H and O–H groups in total. The van der Waals surface area contributed by atoms with Gasteiger partial charge in [-0.1, -0.05) is 49.7 Å². The summed E-state index contributed by atoms with van der Waals surface area (Å²) >= 11 is 5.39. The largest absolute Gasteiger partial charge is 0.332 e. The Morgan fingerprint density at radius 3 is 2.10 bits per heavy atom. The van der Waals surface area contributed by atoms with Gasteiger partial charge in [-0.2, -0.15) is 0 Å². The molecule has 0 saturated heterocycles. The lowest BCUT2D eigenvalue weighted by atomic mass is 10.0. The minimum Gasteiger partial charge on any atom is -0.332 e. The fraction of sp³-hybridized carbons (Fsp3) is 0.174. The van der Waals surface area contributed by atoms with Crippen molar-refractivity contribution in [2.24, 2.45) is 0 Å². The summed E-state index contributed by atoms with van der Waals surface area (Å²) in [6, 6.07) is 22.4. The van der Waals surface area contributed by atoms with E-state index in [1.807, 2.05) is 36.4 Å². The number of nitro groups is 1. The summed E-state index contributed by atoms with van der Waals surface area (Å²) in [6.45, 7) is 2.19. The highest BCUT2D eigenvalue weighted by Crippen LogP contribution is 2.30. The van der Waals surface area contributed by atoms with Gasteiger partial charge in [0, 0.05) is 17.4 Å². The van der Waals surface area contributed by atoms with Gasteiger partial charge in [-0.25, -0.2) is 0 Å². The summed E-state index contributed by atoms with van der Waals surface area (Å²) in [5.74, 6) is 0. The van der Waals surface area contributed by atoms with Crippen LogP contribution in [-0.4, -0.2) is 10.0 Å². The first-order valence-electron chi connectivity index (χ1n) is 9.57. The first kappa shape index (κ1) is 20.5. The number of hydrogen-bond acceptors (Lipinski definition) is 3. The smallest absolute Gasteiger partial charge is 0.277 e. The Hall–Kier alpha value is -3.25. The molecule has 3 rings (SSSR count). The Bertz CT molecular complexity index is 986. The van der Waals surface area contributed by atoms with Gasteiger partial charge in [0.05, 0.1) is 10.5 Å². The van der Waals surface area contributed by atoms with E-state index in [1.165, 1.54) is 24.5 Å². The number of anilines is 2. The maximum absolute atomic E-state index is 11.2. The molecule has 29 heavy (non-hydrogen) atoms. The van der Waals surface area contributed by atoms with Crippen LogP contribution in [0.2, 0.25) is 0 Å². The molecule has 0 bridgehead atoms. The van der Waals surface area contributed by atoms with Crippen molar-refractivity contribution in [3.8, 4) is 11.1 Å². The predicted molar refractivity (Wildman–Crippen MR) is 123 cm³/mol. The van der Waals surface area contributed by atoms with E-state index in [-0.39, 0.29) is 10.6 Å². The van der Waals surface area contributed by atoms with Crippen molar-refractivity contribution >= 4 is 34.4 Å². The van der Waals surface area contributed by atoms with E-state index >= 15 is 0 Å². The lowest BCUT2D eigenvalue weighted by Gasteiger charge is -2.12. The molecule has 5 nitrogen and oxygen atoms in total. The molecular formula is C23H23N3O2S. The summed E-state index contributed by atoms with van der Waals surface area (Å²) in [6.07, 6.45) is 3.46. The number of nitrogens with one attached hydrogen (secondary N) is 2. The summed E-state index contributed by atoms with van der Waals surface area (Å²) in [7, 11) is 0. The molecule has 0 aromatic heterocycles. The molecule has 3 aromatic rings. The molecule has 3 aromatic carbocycles. The number of para-hydroxylation sites is 1. The SMILES string of the molecule is CCCCc1ccc(NC(=S)Nc2ccc(-c3ccccc3[N+](=O)[O-])cc2)cc1. The second-order valence-corrected chi connectivity index (χ2v) is 7.14. The Balaban J connectivity index is 1.62. The zero-order valence-electron chi connectivity index (χ0n) is 16.2. The van der Waals surface area contributed by atoms with Gasteiger partial charge in [-0.3, -0.25) is 10.1 Å². The van der Waals surface area contributed by atoms with E-state index in [2.05, 4.69) is 29.7 Å². The van der Waals surface area contributed by atoms with Crippen molar-refractivity contribution in [3.05, 3.63) is 88.5 Å². The van der Waals surface area contributed by atoms with Gasteiger partial charge in [0.25, 0.3) is 5.69 Å². The lowest BCUT2D eigenvalue weighted by Crippen LogP contribution is -2.18. The van der Waals surface area contributed by atoms with Crippen LogP contribution < -0.4 is 10.6 Å². The molecule has 0 radical (unpaired) electrons. The Morgan fingerprint density at radius 1 is 0.931 bits per heavy atom. The molecule has 0 unspecified atom stereocenters. The van der Waals surface area contributed by atoms with Crippen LogP contribution in [0.25, 0.3) is 11.1 Å². The van der Waals surface area contributed by atoms with E-state index in [4.69, 9.17) is 12.2 Å². The third-order valence-corrected chi connectivity index (χ3v) is 4.79. The van der Waals surface area contributed by atoms with Crippen molar-refractivity contribution in [2.75, 3.05) is 10.6 Å². The van der Waals surface area contributed by atoms with Crippen molar-refractivity contribution < 1.29 is 4.92 Å². The average molecular weight is 406 g/mol. The molecule has 148 valence electrons. The maximum Gasteiger partial charge on any atom is 0.277 e. The third kappa shape index (κ3) is 5.62. The van der Waals surface area contributed by atoms with Crippen LogP contribution in [0.4, 0.5) is 17.1 Å². The van der Waals surface area contributed by atoms with E-state index in [9.17, 15) is 10.1 Å². The first-order chi connectivity index (χ1) is 14.1. The van der Waals surface area contributed by atoms with Gasteiger partial charge in [0.15, 0.2) is 5.11 Å². The van der Waals surface area contributed by atoms with E-state index in [1.54, 1.807) is 18.2 Å². The Kier molecular flexibility index (Phi) is 6.92. The second-order valence-electron chi connectivity index (χ2n) is 6.73. The highest BCUT2D eigenvalue weighted by molar-refractivity contribution is 7.80. The number of thiocarbonyl (C=S) groups is 1. The number of nitro benzene ring substituents is 1. The summed E-state index contributed by atoms with van der Waals surface area (Å²) in [5.41, 5.74) is 4.52. The average Bonchev–Trinajstić information content (AvgIpc) is 2.74. The number of hydrogen-bond donors (Lipinski definition) is 2. The highest BCUT2D eigenvalue weighted by Gasteiger charge is 2.13. The van der Waals surface area contributed by atoms with Gasteiger partial charge in [0.2, 0.25) is 0 Å². The molecule has 0 saturated carbocycles. The summed E-state index contributed by atoms with van der Waals surface area (Å²) in [4.78, 5) is 10.9. The van der Waals surface area contributed by atoms with Gasteiger partial charge in [-0.05, 0) is 66.5 Å². The van der Waals surface area contributed by atoms with E-state index in [0.29, 0.717) is 10.7 Å². The molecule has 0 aliphatic carbocycles. The minimum atomic E-state index is -0.367. The van der Waals surface area contributed by atoms with Crippen LogP contribution in [0.1, 0.15) is 25.3 Å². The molecule has 0 fully saturated rings. The van der Waals surface area contributed by atoms with Gasteiger partial charge >= 0.3 is 0 Å². The van der Waals surface area contributed by atoms with Gasteiger partial charge < -0.3 is 10.6 Å². The number of unbranched alkanes of at least 4 members (excludes halogenated alkanes) is 1. The van der Waals surface area contributed by atoms with Crippen LogP contribution in [0, 0.1) is 10.1 Å². The number of rotatable bonds is 7. The van der Waals surface area contributed by atoms with Crippen molar-refractivity contribution in [1.29, 1.82) is 0 Å². The highest BCUT2D eigenvalue weighted by atomic mass is 32.1. The molecule has 0 spiro atoms. The molecular weight excluding hydrogens is 382 g/mol. The molecule has 0 aliphatic rings. The normalized spacial score (nSPS) is 10.4. The maximum atomic E-state index is 11.2. The lowest BCUT2D eigenvalue weighted by molar-refractivity contribution is -0.384. The van der Waals surface area contributed by atoms with Crippen LogP contribution in [0.3, 0.4) is 0 Å². The zero-order chi connectivity index (χ0) is 20.6. The topological polar surface area (TPSA) is 67.2 Å². The Labute approximate surface area is 175 Å². The molecule has 0 heterocycles. The summed E-state index contributed by atoms with van der Waals surface area (Å²) < 4.78 is 0. The second kappa shape index (κ2) is 9.80. The minimum absolute atomic E-state index is 0.0905. The van der Waals surface area contributed by atoms with E-state index < -0.39 is 0 Å². The van der Waals surface area contributed by atoms with Crippen molar-refractivity contribution in [1.82, 2.24) is 0 Å². The quantitative estimate of drug-likeness (QED) is 0.270. The fourth-order valence-corrected chi connectivity index (χ4v) is 3.27. The van der Waals surface area contributed by atoms with Crippen LogP contribution in [-0.2, 0) is 6.42 Å². The standard InChI is InChI=1S/C23H23N3O2S/c1-2-3-6-17-9-13-19(14-10-17)24-23(29)25-20-15-11-18(12-16-20)21-7-4-5-8-22(21)26(27)28/h4-5,7-16H,2-3,6H2,1H3,(H2,24,25,29). The molecule has 0 amide bonds. The van der Waals surface area contributed by atoms with Crippen molar-refractivity contribution in [3.63, 3.8) is 0 Å². The Morgan fingerprint density at radius 2 is 1.52 bits per heavy atom. The molecule has 0 atom stereocenters. The van der Waals surface area contributed by atoms with Gasteiger partial charge in [-0.15, -0.1) is 0 Å². The number of nitrogens with zero attached hydrogens (tertiary/aromatic N) is 1. The first-order valence-corrected chi connectivity index (χ1v) is 9.98. The van der Waals surface area contributed by atoms with Crippen molar-refractivity contribution in [2.45, 2.75) is 26.2 Å². The third-order valence-electron chi connectivity index (χ3n) is 4.59. The number of benzene rings is 3. The zero-order valence-corrected chi connectivity index (χ0v) is 17.0. The fourth-order valence-electron chi connectivity index (χ4n) is 3.04. The summed E-state index contributed by atoms with van der Waals surface area (Å²) in [5, 5.41) is 18.0. The predicted octanol–water partition coefficient (Wildman–Crippen LogP) is 6.41. The number of aryl methyl sites for hydroxylation is 1. The van der Waals surface area contributed by atoms with Gasteiger partial charge in [0.1, 0.15) is 0 Å². The monoisotopic (exact) mass is 405 g/mol. The van der Waals surface area contributed by atoms with Crippen LogP contribution >= 0.6 is 12.2 Å². The molecule has 6 heteroatoms.